The van der Waals surface area contributed by atoms with Crippen LogP contribution in [0, 0.1) is 0 Å². The molecule has 1 aliphatic rings. The van der Waals surface area contributed by atoms with E-state index in [-0.39, 0.29) is 0 Å². The number of imidazole rings is 1. The van der Waals surface area contributed by atoms with Crippen LogP contribution in [0.2, 0.25) is 0 Å². The summed E-state index contributed by atoms with van der Waals surface area (Å²) < 4.78 is 2.32. The number of hydrogen-bond acceptors (Lipinski definition) is 3. The van der Waals surface area contributed by atoms with E-state index in [2.05, 4.69) is 46.4 Å². The zero-order chi connectivity index (χ0) is 13.1. The lowest BCUT2D eigenvalue weighted by Gasteiger charge is -2.24. The van der Waals surface area contributed by atoms with Crippen molar-refractivity contribution < 1.29 is 0 Å². The number of nitrogens with zero attached hydrogens (tertiary/aromatic N) is 2. The third-order valence-electron chi connectivity index (χ3n) is 3.77. The number of piperidine rings is 1. The highest BCUT2D eigenvalue weighted by Crippen LogP contribution is 2.21. The van der Waals surface area contributed by atoms with Crippen molar-refractivity contribution in [3.63, 3.8) is 0 Å². The molecule has 1 fully saturated rings. The maximum atomic E-state index is 4.76. The summed E-state index contributed by atoms with van der Waals surface area (Å²) in [4.78, 5) is 4.76. The Morgan fingerprint density at radius 2 is 2.11 bits per heavy atom. The van der Waals surface area contributed by atoms with Gasteiger partial charge in [-0.15, -0.1) is 0 Å². The van der Waals surface area contributed by atoms with Gasteiger partial charge in [0, 0.05) is 12.6 Å². The van der Waals surface area contributed by atoms with Crippen LogP contribution in [-0.2, 0) is 6.54 Å². The highest BCUT2D eigenvalue weighted by molar-refractivity contribution is 5.78. The normalized spacial score (nSPS) is 16.9. The predicted molar refractivity (Wildman–Crippen MR) is 79.5 cm³/mol. The lowest BCUT2D eigenvalue weighted by Crippen LogP contribution is -2.36. The van der Waals surface area contributed by atoms with Gasteiger partial charge in [0.15, 0.2) is 0 Å². The molecule has 1 saturated heterocycles. The number of para-hydroxylation sites is 2. The first kappa shape index (κ1) is 12.5. The van der Waals surface area contributed by atoms with Gasteiger partial charge in [0.1, 0.15) is 0 Å². The van der Waals surface area contributed by atoms with E-state index in [1.807, 2.05) is 0 Å². The fraction of sp³-hybridized carbons (Fsp3) is 0.533. The fourth-order valence-electron chi connectivity index (χ4n) is 2.78. The molecule has 0 aliphatic carbocycles. The third-order valence-corrected chi connectivity index (χ3v) is 3.77. The summed E-state index contributed by atoms with van der Waals surface area (Å²) in [6.07, 6.45) is 3.48. The highest BCUT2D eigenvalue weighted by atomic mass is 15.2. The number of benzene rings is 1. The Balaban J connectivity index is 1.90. The summed E-state index contributed by atoms with van der Waals surface area (Å²) in [7, 11) is 0. The van der Waals surface area contributed by atoms with Crippen LogP contribution in [0.1, 0.15) is 26.2 Å². The molecule has 0 bridgehead atoms. The Morgan fingerprint density at radius 3 is 2.89 bits per heavy atom. The van der Waals surface area contributed by atoms with E-state index in [4.69, 9.17) is 4.98 Å². The average Bonchev–Trinajstić information content (AvgIpc) is 2.79. The molecule has 3 rings (SSSR count). The molecule has 0 radical (unpaired) electrons. The van der Waals surface area contributed by atoms with Crippen molar-refractivity contribution in [2.75, 3.05) is 18.4 Å². The van der Waals surface area contributed by atoms with Gasteiger partial charge in [-0.2, -0.15) is 0 Å². The summed E-state index contributed by atoms with van der Waals surface area (Å²) >= 11 is 0. The van der Waals surface area contributed by atoms with Gasteiger partial charge in [-0.1, -0.05) is 19.1 Å². The second-order valence-electron chi connectivity index (χ2n) is 5.24. The van der Waals surface area contributed by atoms with Gasteiger partial charge in [0.25, 0.3) is 0 Å². The summed E-state index contributed by atoms with van der Waals surface area (Å²) in [5.41, 5.74) is 2.33. The summed E-state index contributed by atoms with van der Waals surface area (Å²) in [5.74, 6) is 1.04. The van der Waals surface area contributed by atoms with Crippen molar-refractivity contribution in [2.24, 2.45) is 0 Å². The van der Waals surface area contributed by atoms with Gasteiger partial charge in [-0.25, -0.2) is 4.98 Å². The van der Waals surface area contributed by atoms with Crippen molar-refractivity contribution in [2.45, 2.75) is 38.8 Å². The zero-order valence-corrected chi connectivity index (χ0v) is 11.5. The summed E-state index contributed by atoms with van der Waals surface area (Å²) in [6, 6.07) is 8.94. The molecule has 0 saturated carbocycles. The van der Waals surface area contributed by atoms with E-state index in [0.717, 1.165) is 37.5 Å². The van der Waals surface area contributed by atoms with Gasteiger partial charge >= 0.3 is 0 Å². The monoisotopic (exact) mass is 258 g/mol. The van der Waals surface area contributed by atoms with Crippen molar-refractivity contribution in [3.8, 4) is 0 Å². The minimum Gasteiger partial charge on any atom is -0.353 e. The molecule has 1 aromatic heterocycles. The smallest absolute Gasteiger partial charge is 0.204 e. The largest absolute Gasteiger partial charge is 0.353 e. The zero-order valence-electron chi connectivity index (χ0n) is 11.5. The second-order valence-corrected chi connectivity index (χ2v) is 5.24. The maximum absolute atomic E-state index is 4.76. The van der Waals surface area contributed by atoms with Crippen LogP contribution >= 0.6 is 0 Å². The quantitative estimate of drug-likeness (QED) is 0.886. The number of anilines is 1. The van der Waals surface area contributed by atoms with E-state index in [9.17, 15) is 0 Å². The molecule has 0 unspecified atom stereocenters. The summed E-state index contributed by atoms with van der Waals surface area (Å²) in [5, 5.41) is 7.04. The van der Waals surface area contributed by atoms with Crippen LogP contribution in [-0.4, -0.2) is 28.7 Å². The molecule has 1 aliphatic heterocycles. The third kappa shape index (κ3) is 2.59. The van der Waals surface area contributed by atoms with Gasteiger partial charge in [0.2, 0.25) is 5.95 Å². The van der Waals surface area contributed by atoms with E-state index >= 15 is 0 Å². The molecule has 102 valence electrons. The van der Waals surface area contributed by atoms with E-state index in [0.29, 0.717) is 6.04 Å². The number of rotatable bonds is 4. The Labute approximate surface area is 114 Å². The van der Waals surface area contributed by atoms with Crippen LogP contribution in [0.15, 0.2) is 24.3 Å². The van der Waals surface area contributed by atoms with Crippen LogP contribution in [0.25, 0.3) is 11.0 Å². The van der Waals surface area contributed by atoms with Crippen molar-refractivity contribution >= 4 is 17.0 Å². The minimum atomic E-state index is 0.550. The predicted octanol–water partition coefficient (Wildman–Crippen LogP) is 2.61. The van der Waals surface area contributed by atoms with Gasteiger partial charge in [-0.3, -0.25) is 0 Å². The Morgan fingerprint density at radius 1 is 1.32 bits per heavy atom. The second kappa shape index (κ2) is 5.61. The molecule has 2 N–H and O–H groups in total. The van der Waals surface area contributed by atoms with Gasteiger partial charge in [-0.05, 0) is 44.5 Å². The van der Waals surface area contributed by atoms with Crippen LogP contribution < -0.4 is 10.6 Å². The fourth-order valence-corrected chi connectivity index (χ4v) is 2.78. The Kier molecular flexibility index (Phi) is 3.69. The number of aryl methyl sites for hydroxylation is 1. The van der Waals surface area contributed by atoms with Gasteiger partial charge < -0.3 is 15.2 Å². The number of fused-ring (bicyclic) bond motifs is 1. The molecule has 2 aromatic rings. The first-order valence-corrected chi connectivity index (χ1v) is 7.31. The maximum Gasteiger partial charge on any atom is 0.204 e. The lowest BCUT2D eigenvalue weighted by molar-refractivity contribution is 0.475. The van der Waals surface area contributed by atoms with Gasteiger partial charge in [0.05, 0.1) is 11.0 Å². The molecule has 4 heteroatoms. The minimum absolute atomic E-state index is 0.550. The SMILES string of the molecule is CCCn1c(NC2CCNCC2)nc2ccccc21. The van der Waals surface area contributed by atoms with E-state index in [1.54, 1.807) is 0 Å². The standard InChI is InChI=1S/C15H22N4/c1-2-11-19-14-6-4-3-5-13(14)18-15(19)17-12-7-9-16-10-8-12/h3-6,12,16H,2,7-11H2,1H3,(H,17,18). The molecule has 0 spiro atoms. The molecular formula is C15H22N4. The van der Waals surface area contributed by atoms with E-state index < -0.39 is 0 Å². The molecule has 4 nitrogen and oxygen atoms in total. The van der Waals surface area contributed by atoms with Crippen molar-refractivity contribution in [1.82, 2.24) is 14.9 Å². The first-order valence-electron chi connectivity index (χ1n) is 7.31. The number of nitrogens with one attached hydrogen (secondary N) is 2. The summed E-state index contributed by atoms with van der Waals surface area (Å²) in [6.45, 7) is 5.44. The molecule has 1 aromatic carbocycles. The number of hydrogen-bond donors (Lipinski definition) is 2. The first-order chi connectivity index (χ1) is 9.38. The van der Waals surface area contributed by atoms with Crippen molar-refractivity contribution in [1.29, 1.82) is 0 Å². The highest BCUT2D eigenvalue weighted by Gasteiger charge is 2.16. The molecule has 19 heavy (non-hydrogen) atoms. The number of aromatic nitrogens is 2. The van der Waals surface area contributed by atoms with Crippen LogP contribution in [0.4, 0.5) is 5.95 Å². The van der Waals surface area contributed by atoms with Crippen LogP contribution in [0.3, 0.4) is 0 Å². The Bertz CT molecular complexity index is 540. The van der Waals surface area contributed by atoms with E-state index in [1.165, 1.54) is 18.4 Å². The molecule has 0 atom stereocenters. The topological polar surface area (TPSA) is 41.9 Å². The average molecular weight is 258 g/mol. The molecule has 0 amide bonds. The molecular weight excluding hydrogens is 236 g/mol. The van der Waals surface area contributed by atoms with Crippen molar-refractivity contribution in [3.05, 3.63) is 24.3 Å². The molecule has 2 heterocycles. The van der Waals surface area contributed by atoms with Crippen LogP contribution in [0.5, 0.6) is 0 Å². The lowest BCUT2D eigenvalue weighted by atomic mass is 10.1. The Hall–Kier alpha value is -1.55.